The lowest BCUT2D eigenvalue weighted by Crippen LogP contribution is -2.38. The zero-order valence-electron chi connectivity index (χ0n) is 14.4. The summed E-state index contributed by atoms with van der Waals surface area (Å²) in [6, 6.07) is 8.43. The van der Waals surface area contributed by atoms with Crippen LogP contribution in [0.1, 0.15) is 37.3 Å². The lowest BCUT2D eigenvalue weighted by atomic mass is 9.96. The molecular weight excluding hydrogens is 348 g/mol. The molecule has 26 heavy (non-hydrogen) atoms. The number of piperidine rings is 1. The summed E-state index contributed by atoms with van der Waals surface area (Å²) < 4.78 is 5.84. The number of benzene rings is 1. The van der Waals surface area contributed by atoms with Crippen LogP contribution in [0.3, 0.4) is 0 Å². The van der Waals surface area contributed by atoms with Gasteiger partial charge in [-0.25, -0.2) is 4.98 Å². The van der Waals surface area contributed by atoms with E-state index in [-0.39, 0.29) is 11.8 Å². The van der Waals surface area contributed by atoms with E-state index in [2.05, 4.69) is 25.6 Å². The van der Waals surface area contributed by atoms with Crippen LogP contribution in [0.4, 0.5) is 11.1 Å². The number of para-hydroxylation sites is 2. The van der Waals surface area contributed by atoms with Crippen LogP contribution in [0.2, 0.25) is 0 Å². The van der Waals surface area contributed by atoms with E-state index in [1.165, 1.54) is 24.2 Å². The van der Waals surface area contributed by atoms with Crippen LogP contribution in [0, 0.1) is 5.92 Å². The number of anilines is 2. The molecule has 6 nitrogen and oxygen atoms in total. The molecular formula is C19H20N4O2S. The normalized spacial score (nSPS) is 18.4. The van der Waals surface area contributed by atoms with Crippen molar-refractivity contribution in [3.63, 3.8) is 0 Å². The second kappa shape index (κ2) is 6.39. The third kappa shape index (κ3) is 3.07. The fraction of sp³-hybridized carbons (Fsp3) is 0.421. The predicted molar refractivity (Wildman–Crippen MR) is 102 cm³/mol. The lowest BCUT2D eigenvalue weighted by Gasteiger charge is -2.29. The molecule has 2 fully saturated rings. The SMILES string of the molecule is O=C(Nc1nc(C2CC2)cs1)C1CCN(c2nc3ccccc3o2)CC1. The number of nitrogens with zero attached hydrogens (tertiary/aromatic N) is 3. The third-order valence-electron chi connectivity index (χ3n) is 5.17. The quantitative estimate of drug-likeness (QED) is 0.753. The highest BCUT2D eigenvalue weighted by Gasteiger charge is 2.29. The maximum absolute atomic E-state index is 12.5. The molecule has 2 aliphatic rings. The fourth-order valence-corrected chi connectivity index (χ4v) is 4.24. The van der Waals surface area contributed by atoms with Gasteiger partial charge in [0.15, 0.2) is 10.7 Å². The molecule has 7 heteroatoms. The number of hydrogen-bond acceptors (Lipinski definition) is 6. The largest absolute Gasteiger partial charge is 0.423 e. The van der Waals surface area contributed by atoms with Gasteiger partial charge in [0.25, 0.3) is 6.01 Å². The van der Waals surface area contributed by atoms with Gasteiger partial charge in [0.1, 0.15) is 5.52 Å². The summed E-state index contributed by atoms with van der Waals surface area (Å²) in [4.78, 5) is 23.8. The van der Waals surface area contributed by atoms with Crippen LogP contribution < -0.4 is 10.2 Å². The molecule has 134 valence electrons. The van der Waals surface area contributed by atoms with Gasteiger partial charge in [0, 0.05) is 30.3 Å². The summed E-state index contributed by atoms with van der Waals surface area (Å²) in [5, 5.41) is 5.81. The fourth-order valence-electron chi connectivity index (χ4n) is 3.45. The minimum Gasteiger partial charge on any atom is -0.423 e. The molecule has 0 bridgehead atoms. The molecule has 1 aromatic carbocycles. The van der Waals surface area contributed by atoms with E-state index >= 15 is 0 Å². The number of thiazole rings is 1. The van der Waals surface area contributed by atoms with Gasteiger partial charge < -0.3 is 14.6 Å². The smallest absolute Gasteiger partial charge is 0.298 e. The van der Waals surface area contributed by atoms with Crippen LogP contribution in [-0.4, -0.2) is 29.0 Å². The highest BCUT2D eigenvalue weighted by Crippen LogP contribution is 2.41. The Balaban J connectivity index is 1.19. The Kier molecular flexibility index (Phi) is 3.89. The zero-order chi connectivity index (χ0) is 17.5. The molecule has 0 radical (unpaired) electrons. The van der Waals surface area contributed by atoms with E-state index < -0.39 is 0 Å². The van der Waals surface area contributed by atoms with Crippen LogP contribution >= 0.6 is 11.3 Å². The van der Waals surface area contributed by atoms with Gasteiger partial charge >= 0.3 is 0 Å². The van der Waals surface area contributed by atoms with Crippen LogP contribution in [0.15, 0.2) is 34.1 Å². The molecule has 3 heterocycles. The molecule has 2 aromatic heterocycles. The second-order valence-corrected chi connectivity index (χ2v) is 7.92. The Morgan fingerprint density at radius 3 is 2.73 bits per heavy atom. The highest BCUT2D eigenvalue weighted by molar-refractivity contribution is 7.13. The third-order valence-corrected chi connectivity index (χ3v) is 5.94. The Morgan fingerprint density at radius 1 is 1.15 bits per heavy atom. The molecule has 1 N–H and O–H groups in total. The van der Waals surface area contributed by atoms with Crippen molar-refractivity contribution >= 4 is 39.5 Å². The molecule has 0 spiro atoms. The number of carbonyl (C=O) groups is 1. The maximum Gasteiger partial charge on any atom is 0.298 e. The van der Waals surface area contributed by atoms with E-state index in [1.807, 2.05) is 24.3 Å². The maximum atomic E-state index is 12.5. The van der Waals surface area contributed by atoms with Gasteiger partial charge in [0.2, 0.25) is 5.91 Å². The Morgan fingerprint density at radius 2 is 1.96 bits per heavy atom. The van der Waals surface area contributed by atoms with Crippen LogP contribution in [0.5, 0.6) is 0 Å². The van der Waals surface area contributed by atoms with Gasteiger partial charge in [-0.15, -0.1) is 11.3 Å². The summed E-state index contributed by atoms with van der Waals surface area (Å²) >= 11 is 1.53. The standard InChI is InChI=1S/C19H20N4O2S/c24-17(22-18-20-15(11-26-18)12-5-6-12)13-7-9-23(10-8-13)19-21-14-3-1-2-4-16(14)25-19/h1-4,11-13H,5-10H2,(H,20,22,24). The number of carbonyl (C=O) groups excluding carboxylic acids is 1. The second-order valence-electron chi connectivity index (χ2n) is 7.07. The van der Waals surface area contributed by atoms with E-state index in [0.29, 0.717) is 11.9 Å². The van der Waals surface area contributed by atoms with Crippen LogP contribution in [0.25, 0.3) is 11.1 Å². The molecule has 1 aliphatic heterocycles. The van der Waals surface area contributed by atoms with Crippen molar-refractivity contribution < 1.29 is 9.21 Å². The summed E-state index contributed by atoms with van der Waals surface area (Å²) in [7, 11) is 0. The summed E-state index contributed by atoms with van der Waals surface area (Å²) in [5.41, 5.74) is 2.81. The molecule has 1 saturated carbocycles. The number of fused-ring (bicyclic) bond motifs is 1. The predicted octanol–water partition coefficient (Wildman–Crippen LogP) is 4.02. The molecule has 0 atom stereocenters. The van der Waals surface area contributed by atoms with Crippen molar-refractivity contribution in [1.82, 2.24) is 9.97 Å². The van der Waals surface area contributed by atoms with Crippen molar-refractivity contribution in [2.45, 2.75) is 31.6 Å². The number of amides is 1. The highest BCUT2D eigenvalue weighted by atomic mass is 32.1. The van der Waals surface area contributed by atoms with Gasteiger partial charge in [0.05, 0.1) is 5.69 Å². The van der Waals surface area contributed by atoms with Crippen molar-refractivity contribution in [3.05, 3.63) is 35.3 Å². The van der Waals surface area contributed by atoms with Crippen molar-refractivity contribution in [1.29, 1.82) is 0 Å². The minimum absolute atomic E-state index is 0.0175. The zero-order valence-corrected chi connectivity index (χ0v) is 15.2. The van der Waals surface area contributed by atoms with Gasteiger partial charge in [-0.05, 0) is 37.8 Å². The van der Waals surface area contributed by atoms with E-state index in [9.17, 15) is 4.79 Å². The Bertz CT molecular complexity index is 905. The van der Waals surface area contributed by atoms with Crippen molar-refractivity contribution in [2.24, 2.45) is 5.92 Å². The van der Waals surface area contributed by atoms with E-state index in [1.54, 1.807) is 0 Å². The summed E-state index contributed by atoms with van der Waals surface area (Å²) in [5.74, 6) is 0.722. The van der Waals surface area contributed by atoms with Gasteiger partial charge in [-0.3, -0.25) is 4.79 Å². The van der Waals surface area contributed by atoms with E-state index in [0.717, 1.165) is 47.9 Å². The Hall–Kier alpha value is -2.41. The molecule has 5 rings (SSSR count). The monoisotopic (exact) mass is 368 g/mol. The molecule has 3 aromatic rings. The van der Waals surface area contributed by atoms with Crippen molar-refractivity contribution in [2.75, 3.05) is 23.3 Å². The Labute approximate surface area is 155 Å². The topological polar surface area (TPSA) is 71.3 Å². The van der Waals surface area contributed by atoms with Gasteiger partial charge in [-0.1, -0.05) is 12.1 Å². The molecule has 1 amide bonds. The number of rotatable bonds is 4. The molecule has 1 saturated heterocycles. The summed E-state index contributed by atoms with van der Waals surface area (Å²) in [6.45, 7) is 1.55. The van der Waals surface area contributed by atoms with E-state index in [4.69, 9.17) is 4.42 Å². The molecule has 1 aliphatic carbocycles. The first-order valence-electron chi connectivity index (χ1n) is 9.13. The number of nitrogens with one attached hydrogen (secondary N) is 1. The van der Waals surface area contributed by atoms with Crippen LogP contribution in [-0.2, 0) is 4.79 Å². The van der Waals surface area contributed by atoms with Gasteiger partial charge in [-0.2, -0.15) is 4.98 Å². The first-order chi connectivity index (χ1) is 12.8. The molecule has 0 unspecified atom stereocenters. The first-order valence-corrected chi connectivity index (χ1v) is 10.0. The van der Waals surface area contributed by atoms with Crippen molar-refractivity contribution in [3.8, 4) is 0 Å². The summed E-state index contributed by atoms with van der Waals surface area (Å²) in [6.07, 6.45) is 4.05. The lowest BCUT2D eigenvalue weighted by molar-refractivity contribution is -0.120. The average molecular weight is 368 g/mol. The number of hydrogen-bond donors (Lipinski definition) is 1. The number of aromatic nitrogens is 2. The first kappa shape index (κ1) is 15.8. The number of oxazole rings is 1. The minimum atomic E-state index is 0.0175. The average Bonchev–Trinajstić information content (AvgIpc) is 3.26.